The summed E-state index contributed by atoms with van der Waals surface area (Å²) in [5.41, 5.74) is 0.983. The van der Waals surface area contributed by atoms with Crippen LogP contribution in [-0.2, 0) is 16.0 Å². The second kappa shape index (κ2) is 7.96. The fourth-order valence-corrected chi connectivity index (χ4v) is 3.15. The second-order valence-corrected chi connectivity index (χ2v) is 6.57. The number of hydrogen-bond donors (Lipinski definition) is 2. The minimum atomic E-state index is -0.849. The highest BCUT2D eigenvalue weighted by Gasteiger charge is 2.38. The molecule has 1 atom stereocenters. The maximum Gasteiger partial charge on any atom is 0.324 e. The predicted molar refractivity (Wildman–Crippen MR) is 96.1 cm³/mol. The number of nitrogens with zero attached hydrogens (tertiary/aromatic N) is 2. The van der Waals surface area contributed by atoms with Crippen molar-refractivity contribution in [1.29, 1.82) is 0 Å². The molecule has 1 aromatic heterocycles. The van der Waals surface area contributed by atoms with Crippen LogP contribution in [0.15, 0.2) is 35.8 Å². The molecule has 1 saturated heterocycles. The number of aromatic nitrogens is 1. The molecule has 8 nitrogen and oxygen atoms in total. The molecular weight excluding hydrogens is 356 g/mol. The molecule has 2 aromatic rings. The monoisotopic (exact) mass is 374 g/mol. The van der Waals surface area contributed by atoms with Gasteiger partial charge in [0.15, 0.2) is 5.13 Å². The van der Waals surface area contributed by atoms with E-state index in [4.69, 9.17) is 4.74 Å². The number of methoxy groups -OCH3 is 1. The van der Waals surface area contributed by atoms with Crippen molar-refractivity contribution in [2.24, 2.45) is 0 Å². The van der Waals surface area contributed by atoms with Gasteiger partial charge in [-0.15, -0.1) is 11.3 Å². The Morgan fingerprint density at radius 2 is 2.12 bits per heavy atom. The van der Waals surface area contributed by atoms with Crippen LogP contribution in [0.5, 0.6) is 5.75 Å². The van der Waals surface area contributed by atoms with E-state index in [2.05, 4.69) is 15.6 Å². The standard InChI is InChI=1S/C17H18N4O4S/c1-25-12-4-2-11(3-5-12)6-8-21-15(23)13(19-17(21)24)10-14(22)20-16-18-7-9-26-16/h2-5,7,9,13H,6,8,10H2,1H3,(H,19,24)(H,18,20,22)/t13-/m0/s1. The molecule has 3 rings (SSSR count). The van der Waals surface area contributed by atoms with Gasteiger partial charge in [0.2, 0.25) is 5.91 Å². The number of rotatable bonds is 7. The van der Waals surface area contributed by atoms with Gasteiger partial charge in [-0.1, -0.05) is 12.1 Å². The van der Waals surface area contributed by atoms with Gasteiger partial charge in [0, 0.05) is 18.1 Å². The second-order valence-electron chi connectivity index (χ2n) is 5.68. The van der Waals surface area contributed by atoms with E-state index in [1.165, 1.54) is 11.3 Å². The van der Waals surface area contributed by atoms with Crippen molar-refractivity contribution in [3.63, 3.8) is 0 Å². The number of urea groups is 1. The Balaban J connectivity index is 1.53. The summed E-state index contributed by atoms with van der Waals surface area (Å²) in [5, 5.41) is 7.36. The van der Waals surface area contributed by atoms with E-state index in [0.29, 0.717) is 11.6 Å². The Labute approximate surface area is 154 Å². The third kappa shape index (κ3) is 4.17. The normalized spacial score (nSPS) is 16.5. The molecular formula is C17H18N4O4S. The molecule has 0 radical (unpaired) electrons. The van der Waals surface area contributed by atoms with Crippen LogP contribution >= 0.6 is 11.3 Å². The van der Waals surface area contributed by atoms with Gasteiger partial charge < -0.3 is 15.4 Å². The van der Waals surface area contributed by atoms with Gasteiger partial charge in [-0.2, -0.15) is 0 Å². The zero-order chi connectivity index (χ0) is 18.5. The number of nitrogens with one attached hydrogen (secondary N) is 2. The summed E-state index contributed by atoms with van der Waals surface area (Å²) < 4.78 is 5.10. The van der Waals surface area contributed by atoms with Gasteiger partial charge in [-0.3, -0.25) is 14.5 Å². The van der Waals surface area contributed by atoms with Gasteiger partial charge in [0.25, 0.3) is 5.91 Å². The van der Waals surface area contributed by atoms with Crippen LogP contribution in [0.25, 0.3) is 0 Å². The van der Waals surface area contributed by atoms with Gasteiger partial charge in [-0.05, 0) is 24.1 Å². The molecule has 0 aliphatic carbocycles. The molecule has 2 N–H and O–H groups in total. The van der Waals surface area contributed by atoms with Crippen molar-refractivity contribution >= 4 is 34.3 Å². The average Bonchev–Trinajstić information content (AvgIpc) is 3.22. The van der Waals surface area contributed by atoms with Gasteiger partial charge in [-0.25, -0.2) is 9.78 Å². The molecule has 0 unspecified atom stereocenters. The van der Waals surface area contributed by atoms with Crippen LogP contribution in [0.3, 0.4) is 0 Å². The number of carbonyl (C=O) groups excluding carboxylic acids is 3. The van der Waals surface area contributed by atoms with E-state index in [9.17, 15) is 14.4 Å². The van der Waals surface area contributed by atoms with E-state index in [0.717, 1.165) is 16.2 Å². The number of carbonyl (C=O) groups is 3. The lowest BCUT2D eigenvalue weighted by molar-refractivity contribution is -0.129. The maximum atomic E-state index is 12.4. The highest BCUT2D eigenvalue weighted by Crippen LogP contribution is 2.16. The van der Waals surface area contributed by atoms with Gasteiger partial charge in [0.1, 0.15) is 11.8 Å². The number of ether oxygens (including phenoxy) is 1. The first-order valence-electron chi connectivity index (χ1n) is 8.01. The molecule has 136 valence electrons. The van der Waals surface area contributed by atoms with Crippen LogP contribution < -0.4 is 15.4 Å². The number of hydrogen-bond acceptors (Lipinski definition) is 6. The van der Waals surface area contributed by atoms with Crippen molar-refractivity contribution in [2.75, 3.05) is 19.0 Å². The smallest absolute Gasteiger partial charge is 0.324 e. The third-order valence-corrected chi connectivity index (χ3v) is 4.65. The number of anilines is 1. The number of thiazole rings is 1. The molecule has 1 fully saturated rings. The number of benzene rings is 1. The van der Waals surface area contributed by atoms with E-state index in [1.807, 2.05) is 24.3 Å². The summed E-state index contributed by atoms with van der Waals surface area (Å²) in [4.78, 5) is 41.5. The molecule has 1 aromatic carbocycles. The Morgan fingerprint density at radius 3 is 2.77 bits per heavy atom. The molecule has 26 heavy (non-hydrogen) atoms. The highest BCUT2D eigenvalue weighted by atomic mass is 32.1. The molecule has 0 saturated carbocycles. The minimum absolute atomic E-state index is 0.122. The van der Waals surface area contributed by atoms with Gasteiger partial charge >= 0.3 is 6.03 Å². The lowest BCUT2D eigenvalue weighted by Crippen LogP contribution is -2.34. The van der Waals surface area contributed by atoms with Crippen molar-refractivity contribution in [3.8, 4) is 5.75 Å². The predicted octanol–water partition coefficient (Wildman–Crippen LogP) is 1.64. The number of imide groups is 1. The van der Waals surface area contributed by atoms with E-state index < -0.39 is 18.0 Å². The first-order chi connectivity index (χ1) is 12.6. The molecule has 9 heteroatoms. The van der Waals surface area contributed by atoms with Crippen LogP contribution in [0.4, 0.5) is 9.93 Å². The van der Waals surface area contributed by atoms with Crippen LogP contribution in [0, 0.1) is 0 Å². The van der Waals surface area contributed by atoms with Crippen molar-refractivity contribution in [2.45, 2.75) is 18.9 Å². The zero-order valence-corrected chi connectivity index (χ0v) is 14.9. The minimum Gasteiger partial charge on any atom is -0.497 e. The van der Waals surface area contributed by atoms with Crippen molar-refractivity contribution in [1.82, 2.24) is 15.2 Å². The lowest BCUT2D eigenvalue weighted by atomic mass is 10.1. The molecule has 2 heterocycles. The Morgan fingerprint density at radius 1 is 1.35 bits per heavy atom. The summed E-state index contributed by atoms with van der Waals surface area (Å²) in [7, 11) is 1.59. The Kier molecular flexibility index (Phi) is 5.47. The third-order valence-electron chi connectivity index (χ3n) is 3.96. The van der Waals surface area contributed by atoms with Crippen molar-refractivity contribution in [3.05, 3.63) is 41.4 Å². The zero-order valence-electron chi connectivity index (χ0n) is 14.1. The first kappa shape index (κ1) is 17.9. The highest BCUT2D eigenvalue weighted by molar-refractivity contribution is 7.13. The summed E-state index contributed by atoms with van der Waals surface area (Å²) in [6, 6.07) is 6.10. The maximum absolute atomic E-state index is 12.4. The van der Waals surface area contributed by atoms with Crippen molar-refractivity contribution < 1.29 is 19.1 Å². The lowest BCUT2D eigenvalue weighted by Gasteiger charge is -2.13. The SMILES string of the molecule is COc1ccc(CCN2C(=O)N[C@@H](CC(=O)Nc3nccs3)C2=O)cc1. The molecule has 0 bridgehead atoms. The van der Waals surface area contributed by atoms with E-state index in [-0.39, 0.29) is 18.9 Å². The van der Waals surface area contributed by atoms with Crippen LogP contribution in [0.1, 0.15) is 12.0 Å². The summed E-state index contributed by atoms with van der Waals surface area (Å²) >= 11 is 1.28. The van der Waals surface area contributed by atoms with Gasteiger partial charge in [0.05, 0.1) is 13.5 Å². The summed E-state index contributed by atoms with van der Waals surface area (Å²) in [6.07, 6.45) is 1.98. The Hall–Kier alpha value is -2.94. The topological polar surface area (TPSA) is 101 Å². The number of amides is 4. The molecule has 4 amide bonds. The largest absolute Gasteiger partial charge is 0.497 e. The fraction of sp³-hybridized carbons (Fsp3) is 0.294. The molecule has 0 spiro atoms. The molecule has 1 aliphatic heterocycles. The summed E-state index contributed by atoms with van der Waals surface area (Å²) in [5.74, 6) is -0.0107. The first-order valence-corrected chi connectivity index (χ1v) is 8.89. The van der Waals surface area contributed by atoms with Crippen LogP contribution in [-0.4, -0.2) is 47.4 Å². The van der Waals surface area contributed by atoms with E-state index >= 15 is 0 Å². The van der Waals surface area contributed by atoms with E-state index in [1.54, 1.807) is 18.7 Å². The quantitative estimate of drug-likeness (QED) is 0.718. The Bertz CT molecular complexity index is 792. The summed E-state index contributed by atoms with van der Waals surface area (Å²) in [6.45, 7) is 0.252. The molecule has 1 aliphatic rings. The van der Waals surface area contributed by atoms with Crippen LogP contribution in [0.2, 0.25) is 0 Å². The average molecular weight is 374 g/mol. The fourth-order valence-electron chi connectivity index (χ4n) is 2.60.